The van der Waals surface area contributed by atoms with Crippen LogP contribution in [-0.4, -0.2) is 19.9 Å². The predicted octanol–water partition coefficient (Wildman–Crippen LogP) is 10.8. The normalized spacial score (nSPS) is 11.8. The van der Waals surface area contributed by atoms with Crippen molar-refractivity contribution in [2.45, 2.75) is 0 Å². The first kappa shape index (κ1) is 25.8. The number of benzene rings is 7. The molecule has 0 aliphatic carbocycles. The van der Waals surface area contributed by atoms with Crippen LogP contribution in [0.15, 0.2) is 150 Å². The van der Waals surface area contributed by atoms with E-state index in [-0.39, 0.29) is 0 Å². The molecule has 10 rings (SSSR count). The molecule has 7 aromatic carbocycles. The van der Waals surface area contributed by atoms with Crippen molar-refractivity contribution in [1.82, 2.24) is 19.9 Å². The minimum atomic E-state index is 0.489. The lowest BCUT2D eigenvalue weighted by Gasteiger charge is -2.12. The average Bonchev–Trinajstić information content (AvgIpc) is 3.53. The number of nitrogens with zero attached hydrogens (tertiary/aromatic N) is 4. The van der Waals surface area contributed by atoms with E-state index in [0.717, 1.165) is 70.8 Å². The van der Waals surface area contributed by atoms with Crippen LogP contribution in [0.25, 0.3) is 99.3 Å². The van der Waals surface area contributed by atoms with Gasteiger partial charge in [0.05, 0.1) is 0 Å². The molecule has 218 valence electrons. The lowest BCUT2D eigenvalue weighted by molar-refractivity contribution is 0.669. The van der Waals surface area contributed by atoms with Gasteiger partial charge in [-0.1, -0.05) is 115 Å². The van der Waals surface area contributed by atoms with Crippen LogP contribution in [0.5, 0.6) is 0 Å². The van der Waals surface area contributed by atoms with E-state index >= 15 is 0 Å². The Hall–Kier alpha value is -6.46. The molecule has 0 N–H and O–H groups in total. The van der Waals surface area contributed by atoms with Crippen molar-refractivity contribution < 1.29 is 4.42 Å². The third kappa shape index (κ3) is 4.10. The van der Waals surface area contributed by atoms with Gasteiger partial charge in [-0.25, -0.2) is 15.0 Å². The summed E-state index contributed by atoms with van der Waals surface area (Å²) in [5, 5.41) is 11.2. The van der Waals surface area contributed by atoms with Gasteiger partial charge in [0.15, 0.2) is 17.5 Å². The molecule has 0 spiro atoms. The Morgan fingerprint density at radius 3 is 1.94 bits per heavy atom. The first-order chi connectivity index (χ1) is 23.3. The Morgan fingerprint density at radius 1 is 0.404 bits per heavy atom. The highest BCUT2D eigenvalue weighted by Crippen LogP contribution is 2.37. The van der Waals surface area contributed by atoms with Crippen molar-refractivity contribution in [3.63, 3.8) is 0 Å². The van der Waals surface area contributed by atoms with Crippen molar-refractivity contribution in [3.8, 4) is 34.3 Å². The smallest absolute Gasteiger partial charge is 0.182 e. The van der Waals surface area contributed by atoms with Crippen LogP contribution < -0.4 is 0 Å². The summed E-state index contributed by atoms with van der Waals surface area (Å²) < 4.78 is 6.40. The van der Waals surface area contributed by atoms with Crippen LogP contribution in [0.1, 0.15) is 0 Å². The van der Waals surface area contributed by atoms with Crippen molar-refractivity contribution in [2.24, 2.45) is 0 Å². The number of rotatable bonds is 3. The van der Waals surface area contributed by atoms with Gasteiger partial charge in [-0.05, 0) is 61.3 Å². The van der Waals surface area contributed by atoms with Gasteiger partial charge in [-0.3, -0.25) is 4.98 Å². The van der Waals surface area contributed by atoms with Crippen LogP contribution in [-0.2, 0) is 0 Å². The second-order valence-corrected chi connectivity index (χ2v) is 11.9. The second kappa shape index (κ2) is 10.0. The molecule has 0 fully saturated rings. The third-order valence-corrected chi connectivity index (χ3v) is 9.13. The SMILES string of the molecule is c1ccc2cc(-c3nc(-c4cc5oc6ccc7ccccc7c6c5cn4)nc(-c4cc5ccccc5c5ccccc45)n3)ccc2c1. The fourth-order valence-electron chi connectivity index (χ4n) is 6.87. The Labute approximate surface area is 268 Å². The molecule has 0 aliphatic heterocycles. The Balaban J connectivity index is 1.23. The molecule has 0 amide bonds. The zero-order valence-electron chi connectivity index (χ0n) is 25.1. The van der Waals surface area contributed by atoms with Crippen LogP contribution in [0, 0.1) is 0 Å². The van der Waals surface area contributed by atoms with Gasteiger partial charge in [0.1, 0.15) is 16.9 Å². The molecule has 0 unspecified atom stereocenters. The van der Waals surface area contributed by atoms with E-state index < -0.39 is 0 Å². The molecular formula is C42H24N4O. The van der Waals surface area contributed by atoms with Crippen LogP contribution in [0.3, 0.4) is 0 Å². The standard InChI is InChI=1S/C42H24N4O/c1-2-11-27-21-29(18-17-25(27)9-1)40-44-41(34-22-28-12-4-5-13-30(28)32-15-7-8-16-33(32)34)46-42(45-40)36-23-38-35(24-43-36)39-31-14-6-3-10-26(31)19-20-37(39)47-38/h1-24H. The zero-order chi connectivity index (χ0) is 30.9. The first-order valence-corrected chi connectivity index (χ1v) is 15.6. The number of hydrogen-bond donors (Lipinski definition) is 0. The highest BCUT2D eigenvalue weighted by Gasteiger charge is 2.18. The molecule has 0 atom stereocenters. The summed E-state index contributed by atoms with van der Waals surface area (Å²) in [6.07, 6.45) is 1.88. The van der Waals surface area contributed by atoms with Gasteiger partial charge in [0.2, 0.25) is 0 Å². The minimum absolute atomic E-state index is 0.489. The van der Waals surface area contributed by atoms with E-state index in [1.54, 1.807) is 0 Å². The van der Waals surface area contributed by atoms with Gasteiger partial charge in [-0.15, -0.1) is 0 Å². The number of fused-ring (bicyclic) bond motifs is 9. The van der Waals surface area contributed by atoms with Gasteiger partial charge in [0, 0.05) is 34.2 Å². The molecular weight excluding hydrogens is 576 g/mol. The van der Waals surface area contributed by atoms with Crippen molar-refractivity contribution in [1.29, 1.82) is 0 Å². The minimum Gasteiger partial charge on any atom is -0.456 e. The van der Waals surface area contributed by atoms with E-state index in [0.29, 0.717) is 23.2 Å². The third-order valence-electron chi connectivity index (χ3n) is 9.13. The predicted molar refractivity (Wildman–Crippen MR) is 191 cm³/mol. The fourth-order valence-corrected chi connectivity index (χ4v) is 6.87. The van der Waals surface area contributed by atoms with Crippen molar-refractivity contribution in [2.75, 3.05) is 0 Å². The Kier molecular flexibility index (Phi) is 5.51. The molecule has 5 nitrogen and oxygen atoms in total. The van der Waals surface area contributed by atoms with Gasteiger partial charge >= 0.3 is 0 Å². The quantitative estimate of drug-likeness (QED) is 0.189. The molecule has 0 bridgehead atoms. The monoisotopic (exact) mass is 600 g/mol. The van der Waals surface area contributed by atoms with E-state index in [2.05, 4.69) is 121 Å². The zero-order valence-corrected chi connectivity index (χ0v) is 25.1. The van der Waals surface area contributed by atoms with E-state index in [4.69, 9.17) is 24.4 Å². The topological polar surface area (TPSA) is 64.7 Å². The maximum atomic E-state index is 6.40. The Morgan fingerprint density at radius 2 is 1.06 bits per heavy atom. The summed E-state index contributed by atoms with van der Waals surface area (Å²) in [5.74, 6) is 1.67. The van der Waals surface area contributed by atoms with Gasteiger partial charge < -0.3 is 4.42 Å². The molecule has 0 radical (unpaired) electrons. The van der Waals surface area contributed by atoms with E-state index in [1.165, 1.54) is 5.39 Å². The molecule has 0 aliphatic rings. The van der Waals surface area contributed by atoms with Crippen LogP contribution >= 0.6 is 0 Å². The molecule has 3 heterocycles. The first-order valence-electron chi connectivity index (χ1n) is 15.6. The molecule has 0 saturated heterocycles. The largest absolute Gasteiger partial charge is 0.456 e. The van der Waals surface area contributed by atoms with Crippen molar-refractivity contribution in [3.05, 3.63) is 146 Å². The average molecular weight is 601 g/mol. The molecule has 3 aromatic heterocycles. The molecule has 47 heavy (non-hydrogen) atoms. The lowest BCUT2D eigenvalue weighted by Crippen LogP contribution is -2.01. The van der Waals surface area contributed by atoms with Crippen LogP contribution in [0.2, 0.25) is 0 Å². The molecule has 5 heteroatoms. The van der Waals surface area contributed by atoms with E-state index in [1.807, 2.05) is 24.4 Å². The highest BCUT2D eigenvalue weighted by molar-refractivity contribution is 6.19. The fraction of sp³-hybridized carbons (Fsp3) is 0. The van der Waals surface area contributed by atoms with Crippen LogP contribution in [0.4, 0.5) is 0 Å². The number of aromatic nitrogens is 4. The second-order valence-electron chi connectivity index (χ2n) is 11.9. The summed E-state index contributed by atoms with van der Waals surface area (Å²) in [6.45, 7) is 0. The highest BCUT2D eigenvalue weighted by atomic mass is 16.3. The summed E-state index contributed by atoms with van der Waals surface area (Å²) in [4.78, 5) is 20.2. The number of pyridine rings is 1. The van der Waals surface area contributed by atoms with Crippen molar-refractivity contribution >= 4 is 65.0 Å². The summed E-state index contributed by atoms with van der Waals surface area (Å²) in [5.41, 5.74) is 4.05. The number of furan rings is 1. The Bertz CT molecular complexity index is 2870. The maximum absolute atomic E-state index is 6.40. The van der Waals surface area contributed by atoms with E-state index in [9.17, 15) is 0 Å². The molecule has 0 saturated carbocycles. The maximum Gasteiger partial charge on any atom is 0.182 e. The van der Waals surface area contributed by atoms with Gasteiger partial charge in [-0.2, -0.15) is 0 Å². The summed E-state index contributed by atoms with van der Waals surface area (Å²) >= 11 is 0. The van der Waals surface area contributed by atoms with Gasteiger partial charge in [0.25, 0.3) is 0 Å². The molecule has 10 aromatic rings. The lowest BCUT2D eigenvalue weighted by atomic mass is 9.97. The summed E-state index contributed by atoms with van der Waals surface area (Å²) in [6, 6.07) is 48.1. The number of hydrogen-bond acceptors (Lipinski definition) is 5. The summed E-state index contributed by atoms with van der Waals surface area (Å²) in [7, 11) is 0.